The molecule has 1 amide bonds. The number of nitrogens with zero attached hydrogens (tertiary/aromatic N) is 3. The highest BCUT2D eigenvalue weighted by Crippen LogP contribution is 2.35. The molecule has 0 saturated carbocycles. The van der Waals surface area contributed by atoms with Gasteiger partial charge in [0.1, 0.15) is 17.7 Å². The molecule has 0 spiro atoms. The number of furan rings is 1. The molecule has 1 aliphatic rings. The molecule has 6 nitrogen and oxygen atoms in total. The van der Waals surface area contributed by atoms with Gasteiger partial charge in [-0.3, -0.25) is 9.89 Å². The van der Waals surface area contributed by atoms with Gasteiger partial charge in [0.2, 0.25) is 0 Å². The van der Waals surface area contributed by atoms with E-state index in [1.807, 2.05) is 24.8 Å². The zero-order chi connectivity index (χ0) is 17.6. The molecule has 25 heavy (non-hydrogen) atoms. The Morgan fingerprint density at radius 3 is 2.76 bits per heavy atom. The lowest BCUT2D eigenvalue weighted by atomic mass is 10.00. The van der Waals surface area contributed by atoms with Gasteiger partial charge in [0.15, 0.2) is 5.76 Å². The molecule has 1 saturated heterocycles. The number of amides is 1. The van der Waals surface area contributed by atoms with E-state index in [4.69, 9.17) is 4.42 Å². The minimum Gasteiger partial charge on any atom is -0.450 e. The maximum absolute atomic E-state index is 13.3. The van der Waals surface area contributed by atoms with Crippen LogP contribution in [0.5, 0.6) is 0 Å². The number of aromatic amines is 1. The van der Waals surface area contributed by atoms with Crippen molar-refractivity contribution in [1.29, 1.82) is 0 Å². The highest BCUT2D eigenvalue weighted by molar-refractivity contribution is 6.00. The van der Waals surface area contributed by atoms with Crippen LogP contribution in [0.25, 0.3) is 11.0 Å². The predicted molar refractivity (Wildman–Crippen MR) is 94.4 cm³/mol. The molecule has 2 aromatic heterocycles. The maximum atomic E-state index is 13.3. The minimum atomic E-state index is -0.0708. The lowest BCUT2D eigenvalue weighted by Gasteiger charge is -2.33. The first-order valence-corrected chi connectivity index (χ1v) is 8.73. The third kappa shape index (κ3) is 2.52. The Kier molecular flexibility index (Phi) is 3.82. The summed E-state index contributed by atoms with van der Waals surface area (Å²) in [5.74, 6) is 1.13. The van der Waals surface area contributed by atoms with E-state index in [9.17, 15) is 4.79 Å². The van der Waals surface area contributed by atoms with Gasteiger partial charge in [-0.05, 0) is 51.2 Å². The van der Waals surface area contributed by atoms with Crippen molar-refractivity contribution in [1.82, 2.24) is 20.1 Å². The second-order valence-corrected chi connectivity index (χ2v) is 6.84. The van der Waals surface area contributed by atoms with Gasteiger partial charge < -0.3 is 9.32 Å². The fourth-order valence-electron chi connectivity index (χ4n) is 3.84. The van der Waals surface area contributed by atoms with E-state index in [2.05, 4.69) is 28.2 Å². The molecule has 0 aliphatic carbocycles. The summed E-state index contributed by atoms with van der Waals surface area (Å²) in [6.45, 7) is 6.74. The number of hydrogen-bond donors (Lipinski definition) is 1. The quantitative estimate of drug-likeness (QED) is 0.770. The van der Waals surface area contributed by atoms with Crippen molar-refractivity contribution in [2.45, 2.75) is 46.1 Å². The van der Waals surface area contributed by atoms with Gasteiger partial charge >= 0.3 is 0 Å². The lowest BCUT2D eigenvalue weighted by molar-refractivity contribution is 0.0569. The number of carbonyl (C=O) groups excluding carboxylic acids is 1. The summed E-state index contributed by atoms with van der Waals surface area (Å²) >= 11 is 0. The maximum Gasteiger partial charge on any atom is 0.290 e. The standard InChI is InChI=1S/C19H22N4O2/c1-11-7-8-12(2)16-15(11)13(3)17(25-16)19(24)23-9-5-4-6-14(23)18-20-10-21-22-18/h7-8,10,14H,4-6,9H2,1-3H3,(H,20,21,22)/t14-/m0/s1. The van der Waals surface area contributed by atoms with Gasteiger partial charge in [-0.1, -0.05) is 12.1 Å². The average molecular weight is 338 g/mol. The van der Waals surface area contributed by atoms with Crippen LogP contribution in [0.3, 0.4) is 0 Å². The molecule has 1 fully saturated rings. The molecular formula is C19H22N4O2. The van der Waals surface area contributed by atoms with Crippen LogP contribution in [-0.4, -0.2) is 32.5 Å². The normalized spacial score (nSPS) is 18.0. The van der Waals surface area contributed by atoms with Gasteiger partial charge in [0.05, 0.1) is 6.04 Å². The van der Waals surface area contributed by atoms with Crippen molar-refractivity contribution in [3.8, 4) is 0 Å². The minimum absolute atomic E-state index is 0.0615. The van der Waals surface area contributed by atoms with Gasteiger partial charge in [0.25, 0.3) is 5.91 Å². The molecule has 4 rings (SSSR count). The Hall–Kier alpha value is -2.63. The molecule has 6 heteroatoms. The van der Waals surface area contributed by atoms with E-state index >= 15 is 0 Å². The number of nitrogens with one attached hydrogen (secondary N) is 1. The molecule has 1 atom stereocenters. The van der Waals surface area contributed by atoms with E-state index in [0.717, 1.165) is 52.7 Å². The molecule has 0 radical (unpaired) electrons. The first-order valence-electron chi connectivity index (χ1n) is 8.73. The molecule has 1 aliphatic heterocycles. The molecule has 1 aromatic carbocycles. The van der Waals surface area contributed by atoms with E-state index in [-0.39, 0.29) is 11.9 Å². The number of aryl methyl sites for hydroxylation is 3. The van der Waals surface area contributed by atoms with Crippen LogP contribution < -0.4 is 0 Å². The number of fused-ring (bicyclic) bond motifs is 1. The largest absolute Gasteiger partial charge is 0.450 e. The number of rotatable bonds is 2. The van der Waals surface area contributed by atoms with Crippen molar-refractivity contribution < 1.29 is 9.21 Å². The Morgan fingerprint density at radius 2 is 2.04 bits per heavy atom. The number of carbonyl (C=O) groups is 1. The summed E-state index contributed by atoms with van der Waals surface area (Å²) in [7, 11) is 0. The van der Waals surface area contributed by atoms with Crippen molar-refractivity contribution in [3.63, 3.8) is 0 Å². The van der Waals surface area contributed by atoms with Crippen molar-refractivity contribution in [2.75, 3.05) is 6.54 Å². The molecule has 3 aromatic rings. The fraction of sp³-hybridized carbons (Fsp3) is 0.421. The van der Waals surface area contributed by atoms with E-state index < -0.39 is 0 Å². The number of benzene rings is 1. The second-order valence-electron chi connectivity index (χ2n) is 6.84. The van der Waals surface area contributed by atoms with Crippen LogP contribution in [0.15, 0.2) is 22.9 Å². The predicted octanol–water partition coefficient (Wildman–Crippen LogP) is 3.84. The van der Waals surface area contributed by atoms with Crippen LogP contribution in [0, 0.1) is 20.8 Å². The number of hydrogen-bond acceptors (Lipinski definition) is 4. The number of aromatic nitrogens is 3. The third-order valence-electron chi connectivity index (χ3n) is 5.19. The van der Waals surface area contributed by atoms with Crippen LogP contribution in [0.4, 0.5) is 0 Å². The zero-order valence-electron chi connectivity index (χ0n) is 14.8. The van der Waals surface area contributed by atoms with Crippen LogP contribution in [0.1, 0.15) is 58.4 Å². The smallest absolute Gasteiger partial charge is 0.290 e. The molecule has 0 unspecified atom stereocenters. The third-order valence-corrected chi connectivity index (χ3v) is 5.19. The fourth-order valence-corrected chi connectivity index (χ4v) is 3.84. The van der Waals surface area contributed by atoms with Crippen LogP contribution in [-0.2, 0) is 0 Å². The molecule has 0 bridgehead atoms. The van der Waals surface area contributed by atoms with Crippen molar-refractivity contribution >= 4 is 16.9 Å². The second kappa shape index (κ2) is 6.02. The summed E-state index contributed by atoms with van der Waals surface area (Å²) in [4.78, 5) is 19.4. The highest BCUT2D eigenvalue weighted by Gasteiger charge is 2.33. The van der Waals surface area contributed by atoms with Crippen LogP contribution in [0.2, 0.25) is 0 Å². The van der Waals surface area contributed by atoms with E-state index in [0.29, 0.717) is 12.3 Å². The number of H-pyrrole nitrogens is 1. The first-order chi connectivity index (χ1) is 12.1. The van der Waals surface area contributed by atoms with Gasteiger partial charge in [-0.15, -0.1) is 0 Å². The summed E-state index contributed by atoms with van der Waals surface area (Å²) < 4.78 is 6.05. The Morgan fingerprint density at radius 1 is 1.24 bits per heavy atom. The lowest BCUT2D eigenvalue weighted by Crippen LogP contribution is -2.39. The van der Waals surface area contributed by atoms with E-state index in [1.54, 1.807) is 0 Å². The van der Waals surface area contributed by atoms with E-state index in [1.165, 1.54) is 6.33 Å². The Balaban J connectivity index is 1.77. The number of piperidine rings is 1. The van der Waals surface area contributed by atoms with Crippen LogP contribution >= 0.6 is 0 Å². The summed E-state index contributed by atoms with van der Waals surface area (Å²) in [5, 5.41) is 7.91. The molecule has 130 valence electrons. The highest BCUT2D eigenvalue weighted by atomic mass is 16.3. The summed E-state index contributed by atoms with van der Waals surface area (Å²) in [6, 6.07) is 4.04. The van der Waals surface area contributed by atoms with Crippen molar-refractivity contribution in [3.05, 3.63) is 46.7 Å². The van der Waals surface area contributed by atoms with Gasteiger partial charge in [0, 0.05) is 17.5 Å². The molecule has 3 heterocycles. The van der Waals surface area contributed by atoms with Gasteiger partial charge in [-0.25, -0.2) is 4.98 Å². The van der Waals surface area contributed by atoms with Crippen molar-refractivity contribution in [2.24, 2.45) is 0 Å². The average Bonchev–Trinajstić information content (AvgIpc) is 3.26. The summed E-state index contributed by atoms with van der Waals surface area (Å²) in [5.41, 5.74) is 3.91. The first kappa shape index (κ1) is 15.9. The molecule has 1 N–H and O–H groups in total. The van der Waals surface area contributed by atoms with Gasteiger partial charge in [-0.2, -0.15) is 5.10 Å². The zero-order valence-corrected chi connectivity index (χ0v) is 14.8. The Labute approximate surface area is 146 Å². The summed E-state index contributed by atoms with van der Waals surface area (Å²) in [6.07, 6.45) is 4.45. The SMILES string of the molecule is Cc1ccc(C)c2c(C)c(C(=O)N3CCCC[C@H]3c3ncn[nH]3)oc12. The monoisotopic (exact) mass is 338 g/mol. The topological polar surface area (TPSA) is 75.0 Å². The molecular weight excluding hydrogens is 316 g/mol. The Bertz CT molecular complexity index is 927. The number of likely N-dealkylation sites (tertiary alicyclic amines) is 1.